The average Bonchev–Trinajstić information content (AvgIpc) is 3.04. The second-order valence-electron chi connectivity index (χ2n) is 6.71. The highest BCUT2D eigenvalue weighted by Crippen LogP contribution is 2.29. The van der Waals surface area contributed by atoms with Gasteiger partial charge in [-0.15, -0.1) is 0 Å². The summed E-state index contributed by atoms with van der Waals surface area (Å²) in [5.74, 6) is -0.324. The molecular weight excluding hydrogens is 394 g/mol. The van der Waals surface area contributed by atoms with E-state index in [1.807, 2.05) is 31.2 Å². The fraction of sp³-hybridized carbons (Fsp3) is 0.0800. The summed E-state index contributed by atoms with van der Waals surface area (Å²) >= 11 is 0. The predicted octanol–water partition coefficient (Wildman–Crippen LogP) is 4.50. The molecule has 3 aromatic rings. The molecule has 6 heteroatoms. The molecule has 2 amide bonds. The van der Waals surface area contributed by atoms with Gasteiger partial charge in [-0.25, -0.2) is 9.69 Å². The zero-order chi connectivity index (χ0) is 21.8. The van der Waals surface area contributed by atoms with Crippen LogP contribution in [0.15, 0.2) is 78.9 Å². The molecule has 6 nitrogen and oxygen atoms in total. The van der Waals surface area contributed by atoms with E-state index in [2.05, 4.69) is 0 Å². The number of ether oxygens (including phenoxy) is 2. The molecule has 3 aromatic carbocycles. The molecule has 0 aliphatic carbocycles. The van der Waals surface area contributed by atoms with Crippen LogP contribution in [0.2, 0.25) is 0 Å². The lowest BCUT2D eigenvalue weighted by molar-refractivity contribution is -0.128. The van der Waals surface area contributed by atoms with Crippen molar-refractivity contribution in [3.05, 3.63) is 95.6 Å². The number of fused-ring (bicyclic) bond motifs is 1. The molecule has 0 saturated carbocycles. The van der Waals surface area contributed by atoms with Crippen LogP contribution in [-0.2, 0) is 4.79 Å². The van der Waals surface area contributed by atoms with Crippen molar-refractivity contribution in [3.8, 4) is 11.5 Å². The van der Waals surface area contributed by atoms with E-state index in [1.54, 1.807) is 54.6 Å². The number of carbonyl (C=O) groups is 3. The van der Waals surface area contributed by atoms with Gasteiger partial charge in [0, 0.05) is 11.6 Å². The SMILES string of the molecule is CCOc1ccccc1/C=C/C(=O)Oc1ccc(N2C(=O)c3ccccc3C2=O)cc1. The van der Waals surface area contributed by atoms with E-state index in [0.29, 0.717) is 34.9 Å². The maximum Gasteiger partial charge on any atom is 0.336 e. The Bertz CT molecular complexity index is 1150. The van der Waals surface area contributed by atoms with Gasteiger partial charge in [-0.3, -0.25) is 9.59 Å². The maximum atomic E-state index is 12.6. The number of nitrogens with zero attached hydrogens (tertiary/aromatic N) is 1. The molecular formula is C25H19NO5. The van der Waals surface area contributed by atoms with Crippen LogP contribution in [0, 0.1) is 0 Å². The second-order valence-corrected chi connectivity index (χ2v) is 6.71. The summed E-state index contributed by atoms with van der Waals surface area (Å²) in [6.07, 6.45) is 2.94. The Morgan fingerprint density at radius 3 is 2.13 bits per heavy atom. The molecule has 0 saturated heterocycles. The number of amides is 2. The normalized spacial score (nSPS) is 12.9. The lowest BCUT2D eigenvalue weighted by Gasteiger charge is -2.14. The number of hydrogen-bond donors (Lipinski definition) is 0. The number of rotatable bonds is 6. The van der Waals surface area contributed by atoms with Crippen molar-refractivity contribution in [2.75, 3.05) is 11.5 Å². The maximum absolute atomic E-state index is 12.6. The smallest absolute Gasteiger partial charge is 0.336 e. The van der Waals surface area contributed by atoms with E-state index < -0.39 is 5.97 Å². The van der Waals surface area contributed by atoms with Crippen LogP contribution in [0.25, 0.3) is 6.08 Å². The second kappa shape index (κ2) is 8.67. The first-order valence-electron chi connectivity index (χ1n) is 9.78. The third-order valence-corrected chi connectivity index (χ3v) is 4.73. The van der Waals surface area contributed by atoms with Gasteiger partial charge in [-0.05, 0) is 55.5 Å². The third-order valence-electron chi connectivity index (χ3n) is 4.73. The van der Waals surface area contributed by atoms with Gasteiger partial charge in [-0.1, -0.05) is 30.3 Å². The van der Waals surface area contributed by atoms with Gasteiger partial charge in [0.05, 0.1) is 23.4 Å². The summed E-state index contributed by atoms with van der Waals surface area (Å²) in [7, 11) is 0. The first kappa shape index (κ1) is 20.1. The quantitative estimate of drug-likeness (QED) is 0.257. The minimum atomic E-state index is -0.556. The number of hydrogen-bond acceptors (Lipinski definition) is 5. The summed E-state index contributed by atoms with van der Waals surface area (Å²) in [4.78, 5) is 38.4. The molecule has 1 heterocycles. The van der Waals surface area contributed by atoms with E-state index >= 15 is 0 Å². The van der Waals surface area contributed by atoms with Gasteiger partial charge in [0.15, 0.2) is 0 Å². The average molecular weight is 413 g/mol. The highest BCUT2D eigenvalue weighted by molar-refractivity contribution is 6.34. The molecule has 0 bridgehead atoms. The van der Waals surface area contributed by atoms with Crippen LogP contribution >= 0.6 is 0 Å². The molecule has 1 aliphatic rings. The Balaban J connectivity index is 1.44. The minimum Gasteiger partial charge on any atom is -0.493 e. The summed E-state index contributed by atoms with van der Waals surface area (Å²) in [5, 5.41) is 0. The molecule has 31 heavy (non-hydrogen) atoms. The minimum absolute atomic E-state index is 0.299. The van der Waals surface area contributed by atoms with Crippen LogP contribution in [0.5, 0.6) is 11.5 Å². The zero-order valence-electron chi connectivity index (χ0n) is 16.8. The van der Waals surface area contributed by atoms with Gasteiger partial charge in [0.2, 0.25) is 0 Å². The van der Waals surface area contributed by atoms with Crippen molar-refractivity contribution in [3.63, 3.8) is 0 Å². The molecule has 4 rings (SSSR count). The molecule has 0 radical (unpaired) electrons. The van der Waals surface area contributed by atoms with Crippen LogP contribution < -0.4 is 14.4 Å². The summed E-state index contributed by atoms with van der Waals surface area (Å²) in [6, 6.07) is 20.3. The lowest BCUT2D eigenvalue weighted by Crippen LogP contribution is -2.29. The molecule has 0 N–H and O–H groups in total. The van der Waals surface area contributed by atoms with Gasteiger partial charge in [0.1, 0.15) is 11.5 Å². The van der Waals surface area contributed by atoms with Crippen molar-refractivity contribution in [1.82, 2.24) is 0 Å². The van der Waals surface area contributed by atoms with E-state index in [-0.39, 0.29) is 11.8 Å². The van der Waals surface area contributed by atoms with E-state index in [1.165, 1.54) is 6.08 Å². The van der Waals surface area contributed by atoms with Gasteiger partial charge >= 0.3 is 5.97 Å². The van der Waals surface area contributed by atoms with Crippen molar-refractivity contribution in [2.24, 2.45) is 0 Å². The topological polar surface area (TPSA) is 72.9 Å². The standard InChI is InChI=1S/C25H19NO5/c1-2-30-22-10-6-3-7-17(22)11-16-23(27)31-19-14-12-18(13-15-19)26-24(28)20-8-4-5-9-21(20)25(26)29/h3-16H,2H2,1H3/b16-11+. The number of benzene rings is 3. The Morgan fingerprint density at radius 2 is 1.48 bits per heavy atom. The van der Waals surface area contributed by atoms with Crippen LogP contribution in [0.4, 0.5) is 5.69 Å². The zero-order valence-corrected chi connectivity index (χ0v) is 16.8. The Morgan fingerprint density at radius 1 is 0.871 bits per heavy atom. The highest BCUT2D eigenvalue weighted by Gasteiger charge is 2.36. The Labute approximate surface area is 179 Å². The molecule has 0 fully saturated rings. The molecule has 154 valence electrons. The number of carbonyl (C=O) groups excluding carboxylic acids is 3. The fourth-order valence-electron chi connectivity index (χ4n) is 3.30. The monoisotopic (exact) mass is 413 g/mol. The van der Waals surface area contributed by atoms with E-state index in [0.717, 1.165) is 10.5 Å². The molecule has 0 spiro atoms. The number of imide groups is 1. The molecule has 0 unspecified atom stereocenters. The first-order valence-corrected chi connectivity index (χ1v) is 9.78. The Hall–Kier alpha value is -4.19. The first-order chi connectivity index (χ1) is 15.1. The van der Waals surface area contributed by atoms with E-state index in [4.69, 9.17) is 9.47 Å². The van der Waals surface area contributed by atoms with Crippen molar-refractivity contribution in [2.45, 2.75) is 6.92 Å². The molecule has 1 aliphatic heterocycles. The summed E-state index contributed by atoms with van der Waals surface area (Å²) in [6.45, 7) is 2.41. The van der Waals surface area contributed by atoms with Gasteiger partial charge < -0.3 is 9.47 Å². The number of esters is 1. The van der Waals surface area contributed by atoms with Crippen LogP contribution in [0.3, 0.4) is 0 Å². The van der Waals surface area contributed by atoms with Crippen LogP contribution in [0.1, 0.15) is 33.2 Å². The Kier molecular flexibility index (Phi) is 5.62. The van der Waals surface area contributed by atoms with Gasteiger partial charge in [0.25, 0.3) is 11.8 Å². The van der Waals surface area contributed by atoms with Crippen molar-refractivity contribution >= 4 is 29.5 Å². The highest BCUT2D eigenvalue weighted by atomic mass is 16.5. The number of para-hydroxylation sites is 1. The van der Waals surface area contributed by atoms with E-state index in [9.17, 15) is 14.4 Å². The molecule has 0 aromatic heterocycles. The summed E-state index contributed by atoms with van der Waals surface area (Å²) < 4.78 is 10.8. The molecule has 0 atom stereocenters. The van der Waals surface area contributed by atoms with Crippen molar-refractivity contribution < 1.29 is 23.9 Å². The lowest BCUT2D eigenvalue weighted by atomic mass is 10.1. The fourth-order valence-corrected chi connectivity index (χ4v) is 3.30. The van der Waals surface area contributed by atoms with Crippen LogP contribution in [-0.4, -0.2) is 24.4 Å². The van der Waals surface area contributed by atoms with Gasteiger partial charge in [-0.2, -0.15) is 0 Å². The largest absolute Gasteiger partial charge is 0.493 e. The third kappa shape index (κ3) is 4.09. The summed E-state index contributed by atoms with van der Waals surface area (Å²) in [5.41, 5.74) is 1.93. The van der Waals surface area contributed by atoms with Crippen molar-refractivity contribution in [1.29, 1.82) is 0 Å². The number of anilines is 1. The predicted molar refractivity (Wildman–Crippen MR) is 116 cm³/mol.